The van der Waals surface area contributed by atoms with Gasteiger partial charge in [0, 0.05) is 22.8 Å². The normalized spacial score (nSPS) is 23.1. The van der Waals surface area contributed by atoms with Crippen LogP contribution in [0.25, 0.3) is 0 Å². The van der Waals surface area contributed by atoms with Gasteiger partial charge in [-0.2, -0.15) is 0 Å². The van der Waals surface area contributed by atoms with E-state index in [1.807, 2.05) is 82.3 Å². The minimum atomic E-state index is -1.11. The minimum Gasteiger partial charge on any atom is -0.497 e. The Morgan fingerprint density at radius 1 is 0.794 bits per heavy atom. The predicted octanol–water partition coefficient (Wildman–Crippen LogP) is 4.56. The summed E-state index contributed by atoms with van der Waals surface area (Å²) in [7, 11) is 1.06. The summed E-state index contributed by atoms with van der Waals surface area (Å²) < 4.78 is 30.5. The lowest BCUT2D eigenvalue weighted by Crippen LogP contribution is -2.41. The van der Waals surface area contributed by atoms with Crippen molar-refractivity contribution in [3.05, 3.63) is 82.9 Å². The van der Waals surface area contributed by atoms with E-state index in [9.17, 15) is 4.79 Å². The van der Waals surface area contributed by atoms with Gasteiger partial charge in [0.2, 0.25) is 0 Å². The molecule has 0 saturated carbocycles. The zero-order valence-corrected chi connectivity index (χ0v) is 19.8. The lowest BCUT2D eigenvalue weighted by atomic mass is 9.74. The quantitative estimate of drug-likeness (QED) is 0.416. The molecule has 172 valence electrons. The molecule has 34 heavy (non-hydrogen) atoms. The van der Waals surface area contributed by atoms with Gasteiger partial charge in [0.1, 0.15) is 17.2 Å². The zero-order chi connectivity index (χ0) is 23.9. The van der Waals surface area contributed by atoms with Crippen molar-refractivity contribution in [1.82, 2.24) is 0 Å². The highest BCUT2D eigenvalue weighted by atomic mass is 16.7. The van der Waals surface area contributed by atoms with Crippen LogP contribution in [0.5, 0.6) is 17.2 Å². The molecule has 0 N–H and O–H groups in total. The second-order valence-corrected chi connectivity index (χ2v) is 9.92. The van der Waals surface area contributed by atoms with E-state index in [0.29, 0.717) is 22.8 Å². The average molecular weight is 456 g/mol. The first-order chi connectivity index (χ1) is 16.2. The lowest BCUT2D eigenvalue weighted by Gasteiger charge is -2.36. The summed E-state index contributed by atoms with van der Waals surface area (Å²) in [4.78, 5) is 13.0. The molecule has 1 spiro atoms. The molecule has 6 nitrogen and oxygen atoms in total. The summed E-state index contributed by atoms with van der Waals surface area (Å²) in [5, 5.41) is 0. The monoisotopic (exact) mass is 456 g/mol. The molecule has 3 heterocycles. The maximum Gasteiger partial charge on any atom is 0.494 e. The fourth-order valence-corrected chi connectivity index (χ4v) is 4.93. The topological polar surface area (TPSA) is 63.2 Å². The molecule has 1 unspecified atom stereocenters. The Bertz CT molecular complexity index is 1330. The molecule has 6 rings (SSSR count). The first kappa shape index (κ1) is 21.3. The molecule has 7 heteroatoms. The minimum absolute atomic E-state index is 0.361. The molecule has 0 radical (unpaired) electrons. The fourth-order valence-electron chi connectivity index (χ4n) is 4.93. The average Bonchev–Trinajstić information content (AvgIpc) is 3.22. The standard InChI is InChI=1S/C27H25BO6/c1-25(2)26(3,4)34-28(33-25)16-10-12-20-22(14-16)31-23-15-17(30-5)11-13-21(23)27(20)19-9-7-6-8-18(19)24(29)32-27/h6-15H,1-5H3. The van der Waals surface area contributed by atoms with Crippen LogP contribution in [0.15, 0.2) is 60.7 Å². The molecule has 3 aliphatic rings. The summed E-state index contributed by atoms with van der Waals surface area (Å²) in [6, 6.07) is 18.9. The number of benzene rings is 3. The molecular weight excluding hydrogens is 431 g/mol. The van der Waals surface area contributed by atoms with E-state index in [0.717, 1.165) is 22.2 Å². The highest BCUT2D eigenvalue weighted by Crippen LogP contribution is 2.56. The van der Waals surface area contributed by atoms with Crippen LogP contribution in [0.3, 0.4) is 0 Å². The number of methoxy groups -OCH3 is 1. The third-order valence-corrected chi connectivity index (χ3v) is 7.47. The molecular formula is C27H25BO6. The molecule has 0 aliphatic carbocycles. The number of hydrogen-bond donors (Lipinski definition) is 0. The van der Waals surface area contributed by atoms with E-state index in [1.165, 1.54) is 0 Å². The van der Waals surface area contributed by atoms with Crippen LogP contribution < -0.4 is 14.9 Å². The molecule has 3 aliphatic heterocycles. The molecule has 0 bridgehead atoms. The smallest absolute Gasteiger partial charge is 0.494 e. The maximum atomic E-state index is 13.0. The third-order valence-electron chi connectivity index (χ3n) is 7.47. The van der Waals surface area contributed by atoms with Crippen LogP contribution in [0, 0.1) is 0 Å². The summed E-state index contributed by atoms with van der Waals surface area (Å²) in [5.41, 5.74) is 1.64. The molecule has 1 fully saturated rings. The van der Waals surface area contributed by atoms with Gasteiger partial charge in [-0.25, -0.2) is 4.79 Å². The Morgan fingerprint density at radius 2 is 1.44 bits per heavy atom. The number of fused-ring (bicyclic) bond motifs is 6. The van der Waals surface area contributed by atoms with E-state index in [1.54, 1.807) is 13.2 Å². The summed E-state index contributed by atoms with van der Waals surface area (Å²) in [5.74, 6) is 1.44. The van der Waals surface area contributed by atoms with Crippen molar-refractivity contribution >= 4 is 18.6 Å². The van der Waals surface area contributed by atoms with Crippen molar-refractivity contribution in [2.24, 2.45) is 0 Å². The number of ether oxygens (including phenoxy) is 3. The van der Waals surface area contributed by atoms with Gasteiger partial charge in [0.25, 0.3) is 0 Å². The van der Waals surface area contributed by atoms with Crippen LogP contribution in [0.1, 0.15) is 54.7 Å². The SMILES string of the molecule is COc1ccc2c(c1)Oc1cc(B3OC(C)(C)C(C)(C)O3)ccc1C21OC(=O)c2ccccc21. The first-order valence-electron chi connectivity index (χ1n) is 11.4. The van der Waals surface area contributed by atoms with Crippen LogP contribution in [-0.2, 0) is 19.6 Å². The second kappa shape index (κ2) is 6.87. The van der Waals surface area contributed by atoms with E-state index >= 15 is 0 Å². The molecule has 3 aromatic carbocycles. The number of carbonyl (C=O) groups is 1. The first-order valence-corrected chi connectivity index (χ1v) is 11.4. The van der Waals surface area contributed by atoms with Gasteiger partial charge < -0.3 is 23.5 Å². The van der Waals surface area contributed by atoms with Crippen molar-refractivity contribution in [3.63, 3.8) is 0 Å². The van der Waals surface area contributed by atoms with E-state index < -0.39 is 23.9 Å². The third kappa shape index (κ3) is 2.74. The van der Waals surface area contributed by atoms with Gasteiger partial charge in [-0.1, -0.05) is 30.3 Å². The van der Waals surface area contributed by atoms with Crippen molar-refractivity contribution in [1.29, 1.82) is 0 Å². The van der Waals surface area contributed by atoms with Gasteiger partial charge >= 0.3 is 13.1 Å². The molecule has 1 atom stereocenters. The molecule has 3 aromatic rings. The maximum absolute atomic E-state index is 13.0. The molecule has 0 amide bonds. The Balaban J connectivity index is 1.54. The van der Waals surface area contributed by atoms with Crippen molar-refractivity contribution in [2.45, 2.75) is 44.5 Å². The summed E-state index contributed by atoms with van der Waals surface area (Å²) in [6.07, 6.45) is 0. The highest BCUT2D eigenvalue weighted by molar-refractivity contribution is 6.62. The van der Waals surface area contributed by atoms with E-state index in [-0.39, 0.29) is 5.97 Å². The highest BCUT2D eigenvalue weighted by Gasteiger charge is 2.55. The Hall–Kier alpha value is -3.29. The number of hydrogen-bond acceptors (Lipinski definition) is 6. The van der Waals surface area contributed by atoms with Gasteiger partial charge in [-0.15, -0.1) is 0 Å². The number of esters is 1. The molecule has 1 saturated heterocycles. The van der Waals surface area contributed by atoms with Crippen molar-refractivity contribution < 1.29 is 28.3 Å². The number of carbonyl (C=O) groups excluding carboxylic acids is 1. The summed E-state index contributed by atoms with van der Waals surface area (Å²) >= 11 is 0. The van der Waals surface area contributed by atoms with Crippen LogP contribution >= 0.6 is 0 Å². The summed E-state index contributed by atoms with van der Waals surface area (Å²) in [6.45, 7) is 8.09. The van der Waals surface area contributed by atoms with E-state index in [2.05, 4.69) is 0 Å². The van der Waals surface area contributed by atoms with Crippen molar-refractivity contribution in [3.8, 4) is 17.2 Å². The van der Waals surface area contributed by atoms with Gasteiger partial charge in [-0.05, 0) is 57.4 Å². The molecule has 0 aromatic heterocycles. The van der Waals surface area contributed by atoms with Crippen LogP contribution in [0.2, 0.25) is 0 Å². The van der Waals surface area contributed by atoms with Crippen LogP contribution in [-0.4, -0.2) is 31.4 Å². The van der Waals surface area contributed by atoms with Gasteiger partial charge in [-0.3, -0.25) is 0 Å². The Kier molecular flexibility index (Phi) is 4.30. The van der Waals surface area contributed by atoms with Crippen LogP contribution in [0.4, 0.5) is 0 Å². The van der Waals surface area contributed by atoms with Gasteiger partial charge in [0.05, 0.1) is 23.9 Å². The lowest BCUT2D eigenvalue weighted by molar-refractivity contribution is 0.00578. The largest absolute Gasteiger partial charge is 0.497 e. The number of rotatable bonds is 2. The second-order valence-electron chi connectivity index (χ2n) is 9.92. The van der Waals surface area contributed by atoms with Gasteiger partial charge in [0.15, 0.2) is 5.60 Å². The Labute approximate surface area is 198 Å². The Morgan fingerprint density at radius 3 is 2.15 bits per heavy atom. The van der Waals surface area contributed by atoms with E-state index in [4.69, 9.17) is 23.5 Å². The predicted molar refractivity (Wildman–Crippen MR) is 127 cm³/mol. The zero-order valence-electron chi connectivity index (χ0n) is 19.8. The van der Waals surface area contributed by atoms with Crippen molar-refractivity contribution in [2.75, 3.05) is 7.11 Å². The fraction of sp³-hybridized carbons (Fsp3) is 0.296.